The van der Waals surface area contributed by atoms with Crippen molar-refractivity contribution in [2.45, 2.75) is 34.2 Å². The van der Waals surface area contributed by atoms with Gasteiger partial charge in [0.15, 0.2) is 0 Å². The van der Waals surface area contributed by atoms with Gasteiger partial charge in [-0.05, 0) is 62.8 Å². The van der Waals surface area contributed by atoms with Gasteiger partial charge in [0, 0.05) is 17.8 Å². The van der Waals surface area contributed by atoms with Gasteiger partial charge in [-0.1, -0.05) is 31.5 Å². The molecule has 2 N–H and O–H groups in total. The van der Waals surface area contributed by atoms with Crippen molar-refractivity contribution in [3.05, 3.63) is 59.2 Å². The van der Waals surface area contributed by atoms with E-state index in [2.05, 4.69) is 34.6 Å². The molecule has 2 aromatic rings. The third kappa shape index (κ3) is 6.42. The summed E-state index contributed by atoms with van der Waals surface area (Å²) < 4.78 is 5.47. The number of carbonyl (C=O) groups is 2. The molecule has 0 bridgehead atoms. The zero-order valence-corrected chi connectivity index (χ0v) is 18.3. The third-order valence-electron chi connectivity index (χ3n) is 4.83. The zero-order chi connectivity index (χ0) is 22.1. The molecule has 0 aliphatic rings. The number of benzene rings is 2. The molecule has 0 fully saturated rings. The maximum Gasteiger partial charge on any atom is 0.329 e. The molecule has 0 unspecified atom stereocenters. The van der Waals surface area contributed by atoms with Crippen molar-refractivity contribution in [2.75, 3.05) is 25.5 Å². The van der Waals surface area contributed by atoms with Gasteiger partial charge in [-0.2, -0.15) is 5.10 Å². The highest BCUT2D eigenvalue weighted by Gasteiger charge is 2.14. The Balaban J connectivity index is 2.07. The average molecular weight is 411 g/mol. The molecule has 7 heteroatoms. The summed E-state index contributed by atoms with van der Waals surface area (Å²) in [5, 5.41) is 6.64. The van der Waals surface area contributed by atoms with Crippen molar-refractivity contribution in [3.8, 4) is 5.75 Å². The number of aryl methyl sites for hydroxylation is 1. The predicted molar refractivity (Wildman–Crippen MR) is 120 cm³/mol. The van der Waals surface area contributed by atoms with Gasteiger partial charge in [-0.25, -0.2) is 5.43 Å². The van der Waals surface area contributed by atoms with Crippen molar-refractivity contribution in [1.82, 2.24) is 10.3 Å². The molecule has 0 aliphatic heterocycles. The minimum Gasteiger partial charge on any atom is -0.496 e. The van der Waals surface area contributed by atoms with Gasteiger partial charge in [-0.15, -0.1) is 0 Å². The first-order valence-electron chi connectivity index (χ1n) is 9.99. The van der Waals surface area contributed by atoms with Crippen molar-refractivity contribution in [2.24, 2.45) is 5.10 Å². The molecule has 7 nitrogen and oxygen atoms in total. The SMILES string of the molecule is CCN(CC)Cc1cc(/C(C)=N\NC(=O)C(=O)Nc2ccc(C)cc2)ccc1OC. The molecular formula is C23H30N4O3. The third-order valence-corrected chi connectivity index (χ3v) is 4.83. The lowest BCUT2D eigenvalue weighted by Crippen LogP contribution is -2.32. The van der Waals surface area contributed by atoms with E-state index in [1.165, 1.54) is 0 Å². The van der Waals surface area contributed by atoms with Crippen LogP contribution >= 0.6 is 0 Å². The number of nitrogens with zero attached hydrogens (tertiary/aromatic N) is 2. The van der Waals surface area contributed by atoms with Crippen LogP contribution in [0.25, 0.3) is 0 Å². The van der Waals surface area contributed by atoms with Crippen LogP contribution in [0.5, 0.6) is 5.75 Å². The van der Waals surface area contributed by atoms with Gasteiger partial charge in [0.1, 0.15) is 5.75 Å². The van der Waals surface area contributed by atoms with Gasteiger partial charge in [0.2, 0.25) is 0 Å². The van der Waals surface area contributed by atoms with Crippen molar-refractivity contribution < 1.29 is 14.3 Å². The summed E-state index contributed by atoms with van der Waals surface area (Å²) >= 11 is 0. The molecule has 2 amide bonds. The number of rotatable bonds is 8. The number of hydrogen-bond donors (Lipinski definition) is 2. The van der Waals surface area contributed by atoms with Crippen LogP contribution in [0.4, 0.5) is 5.69 Å². The highest BCUT2D eigenvalue weighted by molar-refractivity contribution is 6.39. The van der Waals surface area contributed by atoms with Crippen LogP contribution in [0.2, 0.25) is 0 Å². The zero-order valence-electron chi connectivity index (χ0n) is 18.3. The molecule has 30 heavy (non-hydrogen) atoms. The molecule has 160 valence electrons. The van der Waals surface area contributed by atoms with E-state index in [4.69, 9.17) is 4.74 Å². The minimum atomic E-state index is -0.827. The van der Waals surface area contributed by atoms with Gasteiger partial charge < -0.3 is 10.1 Å². The second-order valence-electron chi connectivity index (χ2n) is 6.95. The Morgan fingerprint density at radius 1 is 1.03 bits per heavy atom. The molecule has 2 aromatic carbocycles. The fraction of sp³-hybridized carbons (Fsp3) is 0.348. The fourth-order valence-corrected chi connectivity index (χ4v) is 2.89. The summed E-state index contributed by atoms with van der Waals surface area (Å²) in [7, 11) is 1.65. The first-order chi connectivity index (χ1) is 14.4. The lowest BCUT2D eigenvalue weighted by atomic mass is 10.1. The number of methoxy groups -OCH3 is 1. The van der Waals surface area contributed by atoms with Gasteiger partial charge in [-0.3, -0.25) is 14.5 Å². The van der Waals surface area contributed by atoms with E-state index >= 15 is 0 Å². The normalized spacial score (nSPS) is 11.3. The Labute approximate surface area is 178 Å². The smallest absolute Gasteiger partial charge is 0.329 e. The molecule has 0 heterocycles. The minimum absolute atomic E-state index is 0.553. The molecule has 0 aliphatic carbocycles. The van der Waals surface area contributed by atoms with Gasteiger partial charge in [0.05, 0.1) is 12.8 Å². The Morgan fingerprint density at radius 2 is 1.70 bits per heavy atom. The summed E-state index contributed by atoms with van der Waals surface area (Å²) in [6.45, 7) is 10.6. The maximum atomic E-state index is 12.1. The number of hydrazone groups is 1. The van der Waals surface area contributed by atoms with Crippen LogP contribution in [-0.4, -0.2) is 42.6 Å². The van der Waals surface area contributed by atoms with Crippen LogP contribution in [0.1, 0.15) is 37.5 Å². The number of nitrogens with one attached hydrogen (secondary N) is 2. The van der Waals surface area contributed by atoms with Crippen molar-refractivity contribution in [1.29, 1.82) is 0 Å². The Kier molecular flexibility index (Phi) is 8.55. The standard InChI is InChI=1S/C23H30N4O3/c1-6-27(7-2)15-19-14-18(10-13-21(19)30-5)17(4)25-26-23(29)22(28)24-20-11-8-16(3)9-12-20/h8-14H,6-7,15H2,1-5H3,(H,24,28)(H,26,29)/b25-17-. The van der Waals surface area contributed by atoms with E-state index in [9.17, 15) is 9.59 Å². The number of amides is 2. The number of anilines is 1. The summed E-state index contributed by atoms with van der Waals surface area (Å²) in [6, 6.07) is 13.0. The molecule has 0 radical (unpaired) electrons. The van der Waals surface area contributed by atoms with Crippen LogP contribution in [0.3, 0.4) is 0 Å². The predicted octanol–water partition coefficient (Wildman–Crippen LogP) is 3.32. The van der Waals surface area contributed by atoms with Gasteiger partial charge >= 0.3 is 11.8 Å². The van der Waals surface area contributed by atoms with Crippen LogP contribution in [0.15, 0.2) is 47.6 Å². The molecule has 0 saturated carbocycles. The van der Waals surface area contributed by atoms with E-state index in [0.29, 0.717) is 11.4 Å². The summed E-state index contributed by atoms with van der Waals surface area (Å²) in [6.07, 6.45) is 0. The second kappa shape index (κ2) is 11.1. The molecular weight excluding hydrogens is 380 g/mol. The molecule has 2 rings (SSSR count). The quantitative estimate of drug-likeness (QED) is 0.397. The van der Waals surface area contributed by atoms with E-state index in [-0.39, 0.29) is 0 Å². The highest BCUT2D eigenvalue weighted by atomic mass is 16.5. The number of hydrogen-bond acceptors (Lipinski definition) is 5. The van der Waals surface area contributed by atoms with E-state index < -0.39 is 11.8 Å². The van der Waals surface area contributed by atoms with E-state index in [1.807, 2.05) is 37.3 Å². The maximum absolute atomic E-state index is 12.1. The van der Waals surface area contributed by atoms with Crippen LogP contribution in [-0.2, 0) is 16.1 Å². The first kappa shape index (κ1) is 23.1. The van der Waals surface area contributed by atoms with Crippen molar-refractivity contribution in [3.63, 3.8) is 0 Å². The summed E-state index contributed by atoms with van der Waals surface area (Å²) in [5.41, 5.74) is 6.42. The van der Waals surface area contributed by atoms with Gasteiger partial charge in [0.25, 0.3) is 0 Å². The molecule has 0 spiro atoms. The average Bonchev–Trinajstić information content (AvgIpc) is 2.76. The first-order valence-corrected chi connectivity index (χ1v) is 9.99. The topological polar surface area (TPSA) is 83.0 Å². The van der Waals surface area contributed by atoms with E-state index in [1.54, 1.807) is 26.2 Å². The van der Waals surface area contributed by atoms with Crippen LogP contribution < -0.4 is 15.5 Å². The Bertz CT molecular complexity index is 903. The lowest BCUT2D eigenvalue weighted by Gasteiger charge is -2.20. The van der Waals surface area contributed by atoms with E-state index in [0.717, 1.165) is 42.1 Å². The number of ether oxygens (including phenoxy) is 1. The Hall–Kier alpha value is -3.19. The van der Waals surface area contributed by atoms with Crippen LogP contribution in [0, 0.1) is 6.92 Å². The molecule has 0 atom stereocenters. The summed E-state index contributed by atoms with van der Waals surface area (Å²) in [5.74, 6) is -0.792. The monoisotopic (exact) mass is 410 g/mol. The largest absolute Gasteiger partial charge is 0.496 e. The lowest BCUT2D eigenvalue weighted by molar-refractivity contribution is -0.136. The molecule has 0 saturated heterocycles. The molecule has 0 aromatic heterocycles. The highest BCUT2D eigenvalue weighted by Crippen LogP contribution is 2.22. The van der Waals surface area contributed by atoms with Crippen molar-refractivity contribution >= 4 is 23.2 Å². The second-order valence-corrected chi connectivity index (χ2v) is 6.95. The summed E-state index contributed by atoms with van der Waals surface area (Å²) in [4.78, 5) is 26.4. The number of carbonyl (C=O) groups excluding carboxylic acids is 2. The Morgan fingerprint density at radius 3 is 2.30 bits per heavy atom. The fourth-order valence-electron chi connectivity index (χ4n) is 2.89.